The van der Waals surface area contributed by atoms with E-state index in [0.717, 1.165) is 49.7 Å². The molecule has 0 fully saturated rings. The van der Waals surface area contributed by atoms with Crippen LogP contribution in [0.3, 0.4) is 0 Å². The summed E-state index contributed by atoms with van der Waals surface area (Å²) in [6.07, 6.45) is 6.44. The van der Waals surface area contributed by atoms with Gasteiger partial charge in [-0.3, -0.25) is 9.59 Å². The minimum atomic E-state index is -0.751. The number of benzene rings is 3. The van der Waals surface area contributed by atoms with Crippen LogP contribution in [-0.4, -0.2) is 30.3 Å². The molecule has 0 radical (unpaired) electrons. The molecule has 35 heavy (non-hydrogen) atoms. The third kappa shape index (κ3) is 10.1. The zero-order chi connectivity index (χ0) is 24.7. The summed E-state index contributed by atoms with van der Waals surface area (Å²) < 4.78 is 17.0. The van der Waals surface area contributed by atoms with E-state index in [2.05, 4.69) is 18.2 Å². The molecule has 0 aromatic heterocycles. The second-order valence-electron chi connectivity index (χ2n) is 8.52. The first-order chi connectivity index (χ1) is 17.1. The van der Waals surface area contributed by atoms with Crippen molar-refractivity contribution in [1.29, 1.82) is 0 Å². The molecular weight excluding hydrogens is 444 g/mol. The summed E-state index contributed by atoms with van der Waals surface area (Å²) in [5, 5.41) is 11.0. The van der Waals surface area contributed by atoms with Gasteiger partial charge >= 0.3 is 11.9 Å². The highest BCUT2D eigenvalue weighted by atomic mass is 16.5. The molecule has 6 nitrogen and oxygen atoms in total. The van der Waals surface area contributed by atoms with Crippen LogP contribution in [0.25, 0.3) is 10.8 Å². The summed E-state index contributed by atoms with van der Waals surface area (Å²) in [6, 6.07) is 21.4. The third-order valence-corrected chi connectivity index (χ3v) is 5.61. The van der Waals surface area contributed by atoms with Gasteiger partial charge in [0.05, 0.1) is 13.2 Å². The lowest BCUT2D eigenvalue weighted by molar-refractivity contribution is -0.137. The number of hydrogen-bond acceptors (Lipinski definition) is 5. The normalized spacial score (nSPS) is 10.7. The van der Waals surface area contributed by atoms with Gasteiger partial charge in [0, 0.05) is 18.9 Å². The molecule has 0 heterocycles. The quantitative estimate of drug-likeness (QED) is 0.139. The van der Waals surface area contributed by atoms with E-state index in [1.54, 1.807) is 18.2 Å². The summed E-state index contributed by atoms with van der Waals surface area (Å²) in [7, 11) is 0. The van der Waals surface area contributed by atoms with Gasteiger partial charge in [0.2, 0.25) is 0 Å². The van der Waals surface area contributed by atoms with E-state index in [1.165, 1.54) is 5.39 Å². The van der Waals surface area contributed by atoms with Crippen molar-refractivity contribution in [3.8, 4) is 17.2 Å². The van der Waals surface area contributed by atoms with E-state index in [0.29, 0.717) is 37.6 Å². The molecule has 0 aliphatic heterocycles. The van der Waals surface area contributed by atoms with Gasteiger partial charge in [-0.15, -0.1) is 0 Å². The van der Waals surface area contributed by atoms with E-state index in [9.17, 15) is 9.59 Å². The molecule has 0 atom stereocenters. The fourth-order valence-corrected chi connectivity index (χ4v) is 3.73. The largest absolute Gasteiger partial charge is 0.494 e. The molecule has 3 aromatic carbocycles. The van der Waals surface area contributed by atoms with Crippen LogP contribution in [-0.2, 0) is 9.59 Å². The third-order valence-electron chi connectivity index (χ3n) is 5.61. The van der Waals surface area contributed by atoms with E-state index in [1.807, 2.05) is 30.3 Å². The van der Waals surface area contributed by atoms with Gasteiger partial charge < -0.3 is 19.3 Å². The van der Waals surface area contributed by atoms with Crippen LogP contribution >= 0.6 is 0 Å². The predicted octanol–water partition coefficient (Wildman–Crippen LogP) is 6.80. The second-order valence-corrected chi connectivity index (χ2v) is 8.52. The maximum Gasteiger partial charge on any atom is 0.311 e. The van der Waals surface area contributed by atoms with Crippen LogP contribution in [0.1, 0.15) is 57.8 Å². The van der Waals surface area contributed by atoms with Crippen LogP contribution in [0.4, 0.5) is 0 Å². The van der Waals surface area contributed by atoms with Gasteiger partial charge in [0.1, 0.15) is 17.2 Å². The molecule has 0 bridgehead atoms. The molecule has 3 rings (SSSR count). The number of ether oxygens (including phenoxy) is 3. The van der Waals surface area contributed by atoms with Crippen molar-refractivity contribution in [2.24, 2.45) is 0 Å². The number of fused-ring (bicyclic) bond motifs is 1. The van der Waals surface area contributed by atoms with Gasteiger partial charge in [0.15, 0.2) is 0 Å². The molecule has 3 aromatic rings. The molecule has 0 saturated heterocycles. The van der Waals surface area contributed by atoms with Crippen molar-refractivity contribution >= 4 is 22.7 Å². The summed E-state index contributed by atoms with van der Waals surface area (Å²) in [5.74, 6) is 0.998. The van der Waals surface area contributed by atoms with E-state index < -0.39 is 5.97 Å². The number of carboxylic acids is 1. The number of unbranched alkanes of at least 4 members (excludes halogenated alkanes) is 5. The van der Waals surface area contributed by atoms with Gasteiger partial charge in [-0.1, -0.05) is 49.2 Å². The van der Waals surface area contributed by atoms with Crippen molar-refractivity contribution in [2.75, 3.05) is 13.2 Å². The maximum absolute atomic E-state index is 12.2. The molecular formula is C29H34O6. The average molecular weight is 479 g/mol. The Morgan fingerprint density at radius 3 is 2.00 bits per heavy atom. The highest BCUT2D eigenvalue weighted by Gasteiger charge is 2.06. The lowest BCUT2D eigenvalue weighted by Crippen LogP contribution is -2.08. The molecule has 0 aliphatic rings. The molecule has 1 N–H and O–H groups in total. The smallest absolute Gasteiger partial charge is 0.311 e. The SMILES string of the molecule is O=C(O)CCCCCCOc1cccc(OC(=O)CCCCCOc2ccc3ccccc3c2)c1. The van der Waals surface area contributed by atoms with Crippen LogP contribution < -0.4 is 14.2 Å². The highest BCUT2D eigenvalue weighted by Crippen LogP contribution is 2.22. The van der Waals surface area contributed by atoms with E-state index >= 15 is 0 Å². The van der Waals surface area contributed by atoms with Gasteiger partial charge in [0.25, 0.3) is 0 Å². The molecule has 0 amide bonds. The molecule has 0 spiro atoms. The van der Waals surface area contributed by atoms with Crippen molar-refractivity contribution in [3.63, 3.8) is 0 Å². The summed E-state index contributed by atoms with van der Waals surface area (Å²) in [4.78, 5) is 22.7. The lowest BCUT2D eigenvalue weighted by Gasteiger charge is -2.09. The first-order valence-electron chi connectivity index (χ1n) is 12.4. The van der Waals surface area contributed by atoms with E-state index in [-0.39, 0.29) is 12.4 Å². The van der Waals surface area contributed by atoms with Crippen LogP contribution in [0, 0.1) is 0 Å². The van der Waals surface area contributed by atoms with Gasteiger partial charge in [-0.05, 0) is 67.1 Å². The van der Waals surface area contributed by atoms with Crippen LogP contribution in [0.2, 0.25) is 0 Å². The minimum Gasteiger partial charge on any atom is -0.494 e. The highest BCUT2D eigenvalue weighted by molar-refractivity contribution is 5.83. The number of aliphatic carboxylic acids is 1. The second kappa shape index (κ2) is 14.7. The van der Waals surface area contributed by atoms with Gasteiger partial charge in [-0.25, -0.2) is 0 Å². The monoisotopic (exact) mass is 478 g/mol. The summed E-state index contributed by atoms with van der Waals surface area (Å²) in [6.45, 7) is 1.16. The Morgan fingerprint density at radius 2 is 1.23 bits per heavy atom. The van der Waals surface area contributed by atoms with Crippen molar-refractivity contribution < 1.29 is 28.9 Å². The number of esters is 1. The average Bonchev–Trinajstić information content (AvgIpc) is 2.85. The zero-order valence-corrected chi connectivity index (χ0v) is 20.1. The number of hydrogen-bond donors (Lipinski definition) is 1. The Labute approximate surface area is 206 Å². The van der Waals surface area contributed by atoms with Crippen LogP contribution in [0.5, 0.6) is 17.2 Å². The molecule has 0 aliphatic carbocycles. The predicted molar refractivity (Wildman–Crippen MR) is 136 cm³/mol. The zero-order valence-electron chi connectivity index (χ0n) is 20.1. The fourth-order valence-electron chi connectivity index (χ4n) is 3.73. The molecule has 186 valence electrons. The Morgan fingerprint density at radius 1 is 0.600 bits per heavy atom. The Hall–Kier alpha value is -3.54. The molecule has 0 saturated carbocycles. The number of carbonyl (C=O) groups is 2. The first-order valence-corrected chi connectivity index (χ1v) is 12.4. The number of carboxylic acid groups (broad SMARTS) is 1. The van der Waals surface area contributed by atoms with Gasteiger partial charge in [-0.2, -0.15) is 0 Å². The molecule has 0 unspecified atom stereocenters. The van der Waals surface area contributed by atoms with Crippen molar-refractivity contribution in [2.45, 2.75) is 57.8 Å². The maximum atomic E-state index is 12.2. The fraction of sp³-hybridized carbons (Fsp3) is 0.379. The minimum absolute atomic E-state index is 0.216. The van der Waals surface area contributed by atoms with E-state index in [4.69, 9.17) is 19.3 Å². The summed E-state index contributed by atoms with van der Waals surface area (Å²) in [5.41, 5.74) is 0. The standard InChI is InChI=1S/C29H34O6/c30-28(31)15-4-1-2-8-19-33-25-13-10-14-27(22-25)35-29(32)16-5-3-9-20-34-26-18-17-23-11-6-7-12-24(23)21-26/h6-7,10-14,17-18,21-22H,1-5,8-9,15-16,19-20H2,(H,30,31). The summed E-state index contributed by atoms with van der Waals surface area (Å²) >= 11 is 0. The molecule has 6 heteroatoms. The van der Waals surface area contributed by atoms with Crippen LogP contribution in [0.15, 0.2) is 66.7 Å². The number of rotatable bonds is 16. The van der Waals surface area contributed by atoms with Crippen molar-refractivity contribution in [3.05, 3.63) is 66.7 Å². The Balaban J connectivity index is 1.25. The number of carbonyl (C=O) groups excluding carboxylic acids is 1. The lowest BCUT2D eigenvalue weighted by atomic mass is 10.1. The van der Waals surface area contributed by atoms with Crippen molar-refractivity contribution in [1.82, 2.24) is 0 Å². The first kappa shape index (κ1) is 26.1. The Kier molecular flexibility index (Phi) is 10.9. The Bertz CT molecular complexity index is 1080. The topological polar surface area (TPSA) is 82.1 Å².